The first-order chi connectivity index (χ1) is 12.2. The molecule has 1 rings (SSSR count). The molecule has 0 N–H and O–H groups in total. The summed E-state index contributed by atoms with van der Waals surface area (Å²) in [5, 5.41) is 0. The van der Waals surface area contributed by atoms with Gasteiger partial charge in [-0.1, -0.05) is 41.5 Å². The van der Waals surface area contributed by atoms with Crippen LogP contribution in [0.1, 0.15) is 55.4 Å². The minimum Gasteiger partial charge on any atom is -0.545 e. The van der Waals surface area contributed by atoms with Gasteiger partial charge >= 0.3 is 0 Å². The van der Waals surface area contributed by atoms with Gasteiger partial charge in [0.05, 0.1) is 31.5 Å². The summed E-state index contributed by atoms with van der Waals surface area (Å²) >= 11 is 0. The Labute approximate surface area is 162 Å². The number of ether oxygens (including phenoxy) is 3. The van der Waals surface area contributed by atoms with Gasteiger partial charge in [0.1, 0.15) is 5.76 Å². The maximum atomic E-state index is 7.03. The molecule has 152 valence electrons. The quantitative estimate of drug-likeness (QED) is 0.406. The van der Waals surface area contributed by atoms with Crippen LogP contribution in [0.25, 0.3) is 0 Å². The molecule has 5 heteroatoms. The van der Waals surface area contributed by atoms with E-state index in [4.69, 9.17) is 18.6 Å². The second-order valence-electron chi connectivity index (χ2n) is 8.11. The molecule has 26 heavy (non-hydrogen) atoms. The maximum absolute atomic E-state index is 7.03. The minimum atomic E-state index is -2.07. The van der Waals surface area contributed by atoms with Gasteiger partial charge in [0.2, 0.25) is 0 Å². The Kier molecular flexibility index (Phi) is 8.90. The minimum absolute atomic E-state index is 0.408. The molecule has 0 aromatic heterocycles. The van der Waals surface area contributed by atoms with Gasteiger partial charge in [-0.3, -0.25) is 0 Å². The van der Waals surface area contributed by atoms with Crippen molar-refractivity contribution in [2.24, 2.45) is 5.41 Å². The number of hydrogen-bond donors (Lipinski definition) is 0. The van der Waals surface area contributed by atoms with Crippen LogP contribution in [-0.2, 0) is 18.6 Å². The molecule has 0 saturated heterocycles. The molecule has 0 unspecified atom stereocenters. The van der Waals surface area contributed by atoms with E-state index in [9.17, 15) is 0 Å². The fourth-order valence-electron chi connectivity index (χ4n) is 4.29. The van der Waals surface area contributed by atoms with Gasteiger partial charge in [-0.25, -0.2) is 0 Å². The maximum Gasteiger partial charge on any atom is 0.258 e. The van der Waals surface area contributed by atoms with Crippen LogP contribution in [0.2, 0.25) is 16.6 Å². The number of allylic oxidation sites excluding steroid dienone is 1. The first-order valence-electron chi connectivity index (χ1n) is 10.0. The van der Waals surface area contributed by atoms with Crippen LogP contribution >= 0.6 is 0 Å². The predicted octanol–water partition coefficient (Wildman–Crippen LogP) is 5.67. The smallest absolute Gasteiger partial charge is 0.258 e. The Morgan fingerprint density at radius 2 is 1.35 bits per heavy atom. The molecule has 4 nitrogen and oxygen atoms in total. The third kappa shape index (κ3) is 4.73. The largest absolute Gasteiger partial charge is 0.545 e. The van der Waals surface area contributed by atoms with E-state index in [0.29, 0.717) is 43.1 Å². The second-order valence-corrected chi connectivity index (χ2v) is 13.5. The van der Waals surface area contributed by atoms with Crippen LogP contribution in [-0.4, -0.2) is 41.9 Å². The monoisotopic (exact) mass is 384 g/mol. The standard InChI is InChI=1S/C21H40O4Si/c1-10-23-14-21(15-24-11-2)13-19(22-9)12-20(21)25-26(16(3)4,17(5)6)18(7)8/h12-13,16-18H,10-11,14-15H2,1-9H3. The molecule has 0 heterocycles. The molecule has 0 amide bonds. The zero-order valence-corrected chi connectivity index (χ0v) is 19.3. The molecule has 0 saturated carbocycles. The molecule has 0 spiro atoms. The zero-order chi connectivity index (χ0) is 20.0. The van der Waals surface area contributed by atoms with E-state index < -0.39 is 13.7 Å². The van der Waals surface area contributed by atoms with Crippen molar-refractivity contribution in [1.29, 1.82) is 0 Å². The summed E-state index contributed by atoms with van der Waals surface area (Å²) in [7, 11) is -0.367. The van der Waals surface area contributed by atoms with Gasteiger partial charge in [-0.05, 0) is 36.5 Å². The summed E-state index contributed by atoms with van der Waals surface area (Å²) in [5.41, 5.74) is 1.11. The Bertz CT molecular complexity index is 464. The second kappa shape index (κ2) is 9.95. The van der Waals surface area contributed by atoms with E-state index >= 15 is 0 Å². The topological polar surface area (TPSA) is 36.9 Å². The van der Waals surface area contributed by atoms with E-state index in [2.05, 4.69) is 47.6 Å². The van der Waals surface area contributed by atoms with Crippen LogP contribution in [0.4, 0.5) is 0 Å². The first-order valence-corrected chi connectivity index (χ1v) is 12.2. The molecule has 0 bridgehead atoms. The van der Waals surface area contributed by atoms with E-state index in [1.54, 1.807) is 7.11 Å². The summed E-state index contributed by atoms with van der Waals surface area (Å²) in [6.07, 6.45) is 4.17. The molecule has 1 aliphatic carbocycles. The Morgan fingerprint density at radius 1 is 0.885 bits per heavy atom. The Hall–Kier alpha value is -0.783. The zero-order valence-electron chi connectivity index (χ0n) is 18.3. The number of hydrogen-bond acceptors (Lipinski definition) is 4. The van der Waals surface area contributed by atoms with Crippen LogP contribution in [0.5, 0.6) is 0 Å². The summed E-state index contributed by atoms with van der Waals surface area (Å²) in [4.78, 5) is 0. The number of methoxy groups -OCH3 is 1. The molecule has 0 fully saturated rings. The third-order valence-electron chi connectivity index (χ3n) is 5.54. The van der Waals surface area contributed by atoms with Crippen LogP contribution in [0, 0.1) is 5.41 Å². The van der Waals surface area contributed by atoms with Crippen LogP contribution in [0.15, 0.2) is 23.7 Å². The summed E-state index contributed by atoms with van der Waals surface area (Å²) in [6.45, 7) is 20.3. The van der Waals surface area contributed by atoms with Crippen molar-refractivity contribution in [3.05, 3.63) is 23.7 Å². The lowest BCUT2D eigenvalue weighted by atomic mass is 9.90. The molecular weight excluding hydrogens is 344 g/mol. The van der Waals surface area contributed by atoms with Crippen LogP contribution < -0.4 is 0 Å². The molecule has 0 aliphatic heterocycles. The highest BCUT2D eigenvalue weighted by Crippen LogP contribution is 2.48. The van der Waals surface area contributed by atoms with Crippen LogP contribution in [0.3, 0.4) is 0 Å². The molecule has 0 aromatic rings. The van der Waals surface area contributed by atoms with Crippen molar-refractivity contribution >= 4 is 8.32 Å². The summed E-state index contributed by atoms with van der Waals surface area (Å²) < 4.78 is 24.3. The van der Waals surface area contributed by atoms with Gasteiger partial charge in [0.15, 0.2) is 0 Å². The van der Waals surface area contributed by atoms with Crippen molar-refractivity contribution in [2.75, 3.05) is 33.5 Å². The Morgan fingerprint density at radius 3 is 1.69 bits per heavy atom. The van der Waals surface area contributed by atoms with Gasteiger partial charge in [-0.15, -0.1) is 0 Å². The summed E-state index contributed by atoms with van der Waals surface area (Å²) in [5.74, 6) is 1.79. The van der Waals surface area contributed by atoms with Crippen molar-refractivity contribution in [3.63, 3.8) is 0 Å². The summed E-state index contributed by atoms with van der Waals surface area (Å²) in [6, 6.07) is 0. The van der Waals surface area contributed by atoms with Crippen molar-refractivity contribution in [2.45, 2.75) is 72.0 Å². The van der Waals surface area contributed by atoms with E-state index in [0.717, 1.165) is 11.5 Å². The van der Waals surface area contributed by atoms with Crippen molar-refractivity contribution in [3.8, 4) is 0 Å². The van der Waals surface area contributed by atoms with Gasteiger partial charge in [0, 0.05) is 19.3 Å². The molecular formula is C21H40O4Si. The molecule has 0 radical (unpaired) electrons. The van der Waals surface area contributed by atoms with E-state index in [-0.39, 0.29) is 0 Å². The van der Waals surface area contributed by atoms with Crippen molar-refractivity contribution in [1.82, 2.24) is 0 Å². The van der Waals surface area contributed by atoms with Gasteiger partial charge in [0.25, 0.3) is 8.32 Å². The van der Waals surface area contributed by atoms with Gasteiger partial charge < -0.3 is 18.6 Å². The lowest BCUT2D eigenvalue weighted by Gasteiger charge is -2.45. The highest BCUT2D eigenvalue weighted by atomic mass is 28.4. The predicted molar refractivity (Wildman–Crippen MR) is 111 cm³/mol. The first kappa shape index (κ1) is 23.3. The molecule has 0 atom stereocenters. The normalized spacial score (nSPS) is 17.1. The Balaban J connectivity index is 3.34. The number of rotatable bonds is 12. The lowest BCUT2D eigenvalue weighted by Crippen LogP contribution is -2.49. The highest BCUT2D eigenvalue weighted by molar-refractivity contribution is 6.77. The lowest BCUT2D eigenvalue weighted by molar-refractivity contribution is 0.0111. The highest BCUT2D eigenvalue weighted by Gasteiger charge is 2.51. The SMILES string of the molecule is CCOCC1(COCC)C=C(OC)C=C1O[Si](C(C)C)(C(C)C)C(C)C. The fraction of sp³-hybridized carbons (Fsp3) is 0.810. The fourth-order valence-corrected chi connectivity index (χ4v) is 9.64. The molecule has 1 aliphatic rings. The third-order valence-corrected chi connectivity index (χ3v) is 11.5. The average Bonchev–Trinajstić information content (AvgIpc) is 2.92. The van der Waals surface area contributed by atoms with Crippen molar-refractivity contribution < 1.29 is 18.6 Å². The van der Waals surface area contributed by atoms with Gasteiger partial charge in [-0.2, -0.15) is 0 Å². The average molecular weight is 385 g/mol. The van der Waals surface area contributed by atoms with E-state index in [1.165, 1.54) is 0 Å². The molecule has 0 aromatic carbocycles. The van der Waals surface area contributed by atoms with E-state index in [1.807, 2.05) is 19.9 Å².